The first kappa shape index (κ1) is 17.1. The van der Waals surface area contributed by atoms with Gasteiger partial charge in [-0.3, -0.25) is 9.59 Å². The van der Waals surface area contributed by atoms with Crippen LogP contribution < -0.4 is 10.2 Å². The Bertz CT molecular complexity index is 851. The molecule has 0 saturated carbocycles. The molecule has 0 aliphatic carbocycles. The van der Waals surface area contributed by atoms with Crippen molar-refractivity contribution in [2.45, 2.75) is 26.3 Å². The molecule has 25 heavy (non-hydrogen) atoms. The van der Waals surface area contributed by atoms with E-state index in [0.29, 0.717) is 13.0 Å². The maximum Gasteiger partial charge on any atom is 0.252 e. The maximum absolute atomic E-state index is 13.3. The van der Waals surface area contributed by atoms with Gasteiger partial charge in [-0.15, -0.1) is 0 Å². The number of nitrogens with zero attached hydrogens (tertiary/aromatic N) is 1. The van der Waals surface area contributed by atoms with E-state index >= 15 is 0 Å². The normalized spacial score (nSPS) is 17.0. The lowest BCUT2D eigenvalue weighted by molar-refractivity contribution is -0.118. The first-order valence-corrected chi connectivity index (χ1v) is 8.01. The number of carbonyl (C=O) groups is 2. The molecule has 1 saturated heterocycles. The minimum absolute atomic E-state index is 0.0173. The third-order valence-corrected chi connectivity index (χ3v) is 4.49. The minimum atomic E-state index is -1.10. The Morgan fingerprint density at radius 3 is 2.52 bits per heavy atom. The zero-order chi connectivity index (χ0) is 18.1. The fourth-order valence-electron chi connectivity index (χ4n) is 2.84. The van der Waals surface area contributed by atoms with E-state index < -0.39 is 23.6 Å². The van der Waals surface area contributed by atoms with Gasteiger partial charge in [-0.25, -0.2) is 8.78 Å². The molecule has 2 amide bonds. The monoisotopic (exact) mass is 344 g/mol. The first-order chi connectivity index (χ1) is 11.9. The van der Waals surface area contributed by atoms with Crippen LogP contribution in [-0.4, -0.2) is 24.4 Å². The molecule has 1 aliphatic rings. The Balaban J connectivity index is 1.72. The van der Waals surface area contributed by atoms with E-state index in [-0.39, 0.29) is 11.5 Å². The van der Waals surface area contributed by atoms with E-state index in [1.165, 1.54) is 6.07 Å². The summed E-state index contributed by atoms with van der Waals surface area (Å²) in [5.74, 6) is -2.92. The number of anilines is 1. The Morgan fingerprint density at radius 2 is 1.84 bits per heavy atom. The number of hydrogen-bond donors (Lipinski definition) is 1. The third-order valence-electron chi connectivity index (χ3n) is 4.49. The van der Waals surface area contributed by atoms with E-state index in [0.717, 1.165) is 28.9 Å². The third kappa shape index (κ3) is 3.38. The highest BCUT2D eigenvalue weighted by Crippen LogP contribution is 2.24. The van der Waals surface area contributed by atoms with E-state index in [1.54, 1.807) is 4.90 Å². The zero-order valence-corrected chi connectivity index (χ0v) is 14.0. The van der Waals surface area contributed by atoms with Crippen LogP contribution in [0, 0.1) is 25.5 Å². The van der Waals surface area contributed by atoms with Crippen molar-refractivity contribution in [2.24, 2.45) is 0 Å². The number of rotatable bonds is 3. The summed E-state index contributed by atoms with van der Waals surface area (Å²) >= 11 is 0. The van der Waals surface area contributed by atoms with Crippen LogP contribution in [0.3, 0.4) is 0 Å². The van der Waals surface area contributed by atoms with E-state index in [1.807, 2.05) is 32.0 Å². The van der Waals surface area contributed by atoms with Gasteiger partial charge in [0.15, 0.2) is 11.6 Å². The molecule has 1 N–H and O–H groups in total. The van der Waals surface area contributed by atoms with Crippen molar-refractivity contribution < 1.29 is 18.4 Å². The maximum atomic E-state index is 13.3. The molecule has 0 bridgehead atoms. The molecule has 2 aromatic rings. The van der Waals surface area contributed by atoms with Crippen molar-refractivity contribution in [3.63, 3.8) is 0 Å². The largest absolute Gasteiger partial charge is 0.340 e. The van der Waals surface area contributed by atoms with Gasteiger partial charge < -0.3 is 10.2 Å². The van der Waals surface area contributed by atoms with Gasteiger partial charge in [0.1, 0.15) is 6.04 Å². The van der Waals surface area contributed by atoms with E-state index in [2.05, 4.69) is 5.32 Å². The first-order valence-electron chi connectivity index (χ1n) is 8.01. The van der Waals surface area contributed by atoms with Gasteiger partial charge in [-0.2, -0.15) is 0 Å². The van der Waals surface area contributed by atoms with Crippen molar-refractivity contribution in [1.29, 1.82) is 0 Å². The Labute approximate surface area is 144 Å². The molecule has 0 radical (unpaired) electrons. The molecule has 2 aromatic carbocycles. The van der Waals surface area contributed by atoms with E-state index in [9.17, 15) is 18.4 Å². The van der Waals surface area contributed by atoms with Crippen molar-refractivity contribution in [1.82, 2.24) is 5.32 Å². The standard InChI is InChI=1S/C19H18F2N2O2/c1-11-3-5-14(9-12(11)2)23-8-7-17(19(23)25)22-18(24)13-4-6-15(20)16(21)10-13/h3-6,9-10,17H,7-8H2,1-2H3,(H,22,24)/t17-/m0/s1. The highest BCUT2D eigenvalue weighted by atomic mass is 19.2. The lowest BCUT2D eigenvalue weighted by Crippen LogP contribution is -2.41. The molecule has 6 heteroatoms. The summed E-state index contributed by atoms with van der Waals surface area (Å²) in [6.45, 7) is 4.46. The van der Waals surface area contributed by atoms with Crippen molar-refractivity contribution in [2.75, 3.05) is 11.4 Å². The van der Waals surface area contributed by atoms with Crippen LogP contribution in [0.2, 0.25) is 0 Å². The smallest absolute Gasteiger partial charge is 0.252 e. The van der Waals surface area contributed by atoms with Gasteiger partial charge in [-0.05, 0) is 61.7 Å². The van der Waals surface area contributed by atoms with Gasteiger partial charge in [0.05, 0.1) is 0 Å². The second-order valence-electron chi connectivity index (χ2n) is 6.20. The Kier molecular flexibility index (Phi) is 4.53. The zero-order valence-electron chi connectivity index (χ0n) is 14.0. The minimum Gasteiger partial charge on any atom is -0.340 e. The van der Waals surface area contributed by atoms with Crippen LogP contribution in [0.1, 0.15) is 27.9 Å². The molecular weight excluding hydrogens is 326 g/mol. The number of nitrogens with one attached hydrogen (secondary N) is 1. The second-order valence-corrected chi connectivity index (χ2v) is 6.20. The van der Waals surface area contributed by atoms with Gasteiger partial charge in [0, 0.05) is 17.8 Å². The summed E-state index contributed by atoms with van der Waals surface area (Å²) in [5, 5.41) is 2.60. The molecule has 0 aromatic heterocycles. The lowest BCUT2D eigenvalue weighted by atomic mass is 10.1. The molecule has 1 atom stereocenters. The topological polar surface area (TPSA) is 49.4 Å². The van der Waals surface area contributed by atoms with Crippen LogP contribution in [0.5, 0.6) is 0 Å². The van der Waals surface area contributed by atoms with Gasteiger partial charge in [-0.1, -0.05) is 6.07 Å². The molecule has 0 unspecified atom stereocenters. The predicted molar refractivity (Wildman–Crippen MR) is 90.5 cm³/mol. The quantitative estimate of drug-likeness (QED) is 0.930. The highest BCUT2D eigenvalue weighted by molar-refractivity contribution is 6.03. The number of amides is 2. The van der Waals surface area contributed by atoms with Gasteiger partial charge >= 0.3 is 0 Å². The lowest BCUT2D eigenvalue weighted by Gasteiger charge is -2.18. The molecule has 1 fully saturated rings. The molecule has 0 spiro atoms. The summed E-state index contributed by atoms with van der Waals surface area (Å²) in [6.07, 6.45) is 0.459. The fraction of sp³-hybridized carbons (Fsp3) is 0.263. The molecule has 3 rings (SSSR count). The molecule has 1 heterocycles. The summed E-state index contributed by atoms with van der Waals surface area (Å²) < 4.78 is 26.2. The Hall–Kier alpha value is -2.76. The number of halogens is 2. The van der Waals surface area contributed by atoms with Crippen molar-refractivity contribution in [3.8, 4) is 0 Å². The van der Waals surface area contributed by atoms with Gasteiger partial charge in [0.2, 0.25) is 5.91 Å². The van der Waals surface area contributed by atoms with Crippen LogP contribution in [0.15, 0.2) is 36.4 Å². The van der Waals surface area contributed by atoms with E-state index in [4.69, 9.17) is 0 Å². The second kappa shape index (κ2) is 6.63. The average Bonchev–Trinajstić information content (AvgIpc) is 2.93. The SMILES string of the molecule is Cc1ccc(N2CC[C@H](NC(=O)c3ccc(F)c(F)c3)C2=O)cc1C. The van der Waals surface area contributed by atoms with Crippen molar-refractivity contribution >= 4 is 17.5 Å². The molecule has 130 valence electrons. The Morgan fingerprint density at radius 1 is 1.08 bits per heavy atom. The van der Waals surface area contributed by atoms with Crippen LogP contribution in [0.4, 0.5) is 14.5 Å². The number of carbonyl (C=O) groups excluding carboxylic acids is 2. The fourth-order valence-corrected chi connectivity index (χ4v) is 2.84. The number of hydrogen-bond acceptors (Lipinski definition) is 2. The van der Waals surface area contributed by atoms with Crippen molar-refractivity contribution in [3.05, 3.63) is 64.7 Å². The number of benzene rings is 2. The number of aryl methyl sites for hydroxylation is 2. The predicted octanol–water partition coefficient (Wildman–Crippen LogP) is 3.12. The highest BCUT2D eigenvalue weighted by Gasteiger charge is 2.34. The molecular formula is C19H18F2N2O2. The summed E-state index contributed by atoms with van der Waals surface area (Å²) in [6, 6.07) is 7.99. The van der Waals surface area contributed by atoms with Gasteiger partial charge in [0.25, 0.3) is 5.91 Å². The molecule has 1 aliphatic heterocycles. The summed E-state index contributed by atoms with van der Waals surface area (Å²) in [5.41, 5.74) is 2.99. The summed E-state index contributed by atoms with van der Waals surface area (Å²) in [7, 11) is 0. The summed E-state index contributed by atoms with van der Waals surface area (Å²) in [4.78, 5) is 26.4. The average molecular weight is 344 g/mol. The van der Waals surface area contributed by atoms with Crippen LogP contribution in [-0.2, 0) is 4.79 Å². The van der Waals surface area contributed by atoms with Crippen LogP contribution >= 0.6 is 0 Å². The molecule has 4 nitrogen and oxygen atoms in total. The van der Waals surface area contributed by atoms with Crippen LogP contribution in [0.25, 0.3) is 0 Å².